The van der Waals surface area contributed by atoms with Crippen molar-refractivity contribution in [3.63, 3.8) is 0 Å². The molecule has 3 N–H and O–H groups in total. The quantitative estimate of drug-likeness (QED) is 0.794. The molecule has 0 radical (unpaired) electrons. The van der Waals surface area contributed by atoms with Crippen LogP contribution in [0, 0.1) is 5.92 Å². The van der Waals surface area contributed by atoms with Gasteiger partial charge in [0, 0.05) is 5.92 Å². The van der Waals surface area contributed by atoms with Crippen LogP contribution in [0.3, 0.4) is 0 Å². The van der Waals surface area contributed by atoms with E-state index in [9.17, 15) is 4.79 Å². The van der Waals surface area contributed by atoms with Crippen molar-refractivity contribution in [2.24, 2.45) is 5.92 Å². The average molecular weight is 241 g/mol. The van der Waals surface area contributed by atoms with Crippen LogP contribution in [0.1, 0.15) is 26.7 Å². The molecule has 0 aliphatic heterocycles. The summed E-state index contributed by atoms with van der Waals surface area (Å²) in [4.78, 5) is 11.8. The Balaban J connectivity index is 2.77. The van der Waals surface area contributed by atoms with Crippen molar-refractivity contribution in [2.75, 3.05) is 11.1 Å². The molecule has 0 spiro atoms. The summed E-state index contributed by atoms with van der Waals surface area (Å²) in [6, 6.07) is 5.17. The van der Waals surface area contributed by atoms with Crippen LogP contribution < -0.4 is 11.1 Å². The molecule has 0 fully saturated rings. The predicted octanol–water partition coefficient (Wildman–Crippen LogP) is 3.30. The second-order valence-electron chi connectivity index (χ2n) is 3.88. The molecule has 1 aromatic rings. The lowest BCUT2D eigenvalue weighted by molar-refractivity contribution is -0.119. The minimum absolute atomic E-state index is 0.0272. The lowest BCUT2D eigenvalue weighted by Gasteiger charge is -2.13. The number of carbonyl (C=O) groups excluding carboxylic acids is 1. The number of para-hydroxylation sites is 1. The number of hydrogen-bond donors (Lipinski definition) is 2. The maximum absolute atomic E-state index is 11.8. The highest BCUT2D eigenvalue weighted by Gasteiger charge is 2.14. The molecule has 0 saturated carbocycles. The van der Waals surface area contributed by atoms with Crippen molar-refractivity contribution >= 4 is 28.9 Å². The predicted molar refractivity (Wildman–Crippen MR) is 68.6 cm³/mol. The number of nitrogen functional groups attached to an aromatic ring is 1. The molecule has 1 atom stereocenters. The van der Waals surface area contributed by atoms with Gasteiger partial charge in [-0.2, -0.15) is 0 Å². The second kappa shape index (κ2) is 5.75. The van der Waals surface area contributed by atoms with Crippen molar-refractivity contribution in [1.82, 2.24) is 0 Å². The van der Waals surface area contributed by atoms with E-state index >= 15 is 0 Å². The maximum Gasteiger partial charge on any atom is 0.227 e. The van der Waals surface area contributed by atoms with Crippen molar-refractivity contribution < 1.29 is 4.79 Å². The summed E-state index contributed by atoms with van der Waals surface area (Å²) < 4.78 is 0. The van der Waals surface area contributed by atoms with E-state index in [4.69, 9.17) is 17.3 Å². The Bertz CT molecular complexity index is 359. The number of carbonyl (C=O) groups is 1. The minimum Gasteiger partial charge on any atom is -0.397 e. The van der Waals surface area contributed by atoms with Gasteiger partial charge in [-0.15, -0.1) is 0 Å². The van der Waals surface area contributed by atoms with Crippen LogP contribution in [0.5, 0.6) is 0 Å². The van der Waals surface area contributed by atoms with Crippen LogP contribution >= 0.6 is 11.6 Å². The van der Waals surface area contributed by atoms with Crippen LogP contribution in [0.25, 0.3) is 0 Å². The van der Waals surface area contributed by atoms with Crippen LogP contribution in [-0.2, 0) is 4.79 Å². The summed E-state index contributed by atoms with van der Waals surface area (Å²) in [5.41, 5.74) is 6.75. The zero-order valence-corrected chi connectivity index (χ0v) is 10.3. The second-order valence-corrected chi connectivity index (χ2v) is 4.29. The monoisotopic (exact) mass is 240 g/mol. The Kier molecular flexibility index (Phi) is 4.62. The number of amides is 1. The number of halogens is 1. The molecule has 1 aromatic carbocycles. The molecule has 3 nitrogen and oxygen atoms in total. The number of hydrogen-bond acceptors (Lipinski definition) is 2. The van der Waals surface area contributed by atoms with E-state index in [0.717, 1.165) is 12.8 Å². The molecule has 0 aromatic heterocycles. The third-order valence-electron chi connectivity index (χ3n) is 2.46. The fraction of sp³-hybridized carbons (Fsp3) is 0.417. The maximum atomic E-state index is 11.8. The number of anilines is 2. The highest BCUT2D eigenvalue weighted by atomic mass is 35.5. The Labute approximate surface area is 101 Å². The van der Waals surface area contributed by atoms with E-state index in [0.29, 0.717) is 16.4 Å². The van der Waals surface area contributed by atoms with Crippen molar-refractivity contribution in [2.45, 2.75) is 26.7 Å². The first-order valence-electron chi connectivity index (χ1n) is 5.41. The molecule has 16 heavy (non-hydrogen) atoms. The SMILES string of the molecule is CCCC(C)C(=O)Nc1c(N)cccc1Cl. The summed E-state index contributed by atoms with van der Waals surface area (Å²) in [5.74, 6) is -0.0673. The molecule has 1 rings (SSSR count). The van der Waals surface area contributed by atoms with E-state index in [-0.39, 0.29) is 11.8 Å². The molecule has 0 bridgehead atoms. The van der Waals surface area contributed by atoms with Crippen LogP contribution in [0.4, 0.5) is 11.4 Å². The standard InChI is InChI=1S/C12H17ClN2O/c1-3-5-8(2)12(16)15-11-9(13)6-4-7-10(11)14/h4,6-8H,3,5,14H2,1-2H3,(H,15,16). The lowest BCUT2D eigenvalue weighted by Crippen LogP contribution is -2.21. The van der Waals surface area contributed by atoms with Crippen molar-refractivity contribution in [1.29, 1.82) is 0 Å². The first kappa shape index (κ1) is 12.8. The Morgan fingerprint density at radius 1 is 1.56 bits per heavy atom. The average Bonchev–Trinajstić information content (AvgIpc) is 2.23. The molecule has 88 valence electrons. The molecular formula is C12H17ClN2O. The summed E-state index contributed by atoms with van der Waals surface area (Å²) >= 11 is 5.96. The van der Waals surface area contributed by atoms with Gasteiger partial charge in [0.25, 0.3) is 0 Å². The Hall–Kier alpha value is -1.22. The Morgan fingerprint density at radius 2 is 2.25 bits per heavy atom. The smallest absolute Gasteiger partial charge is 0.227 e. The van der Waals surface area contributed by atoms with E-state index in [1.165, 1.54) is 0 Å². The van der Waals surface area contributed by atoms with Crippen molar-refractivity contribution in [3.8, 4) is 0 Å². The highest BCUT2D eigenvalue weighted by molar-refractivity contribution is 6.34. The molecule has 0 aliphatic carbocycles. The van der Waals surface area contributed by atoms with Crippen LogP contribution in [0.2, 0.25) is 5.02 Å². The van der Waals surface area contributed by atoms with E-state index in [1.807, 2.05) is 13.8 Å². The van der Waals surface area contributed by atoms with Gasteiger partial charge in [0.2, 0.25) is 5.91 Å². The zero-order valence-electron chi connectivity index (χ0n) is 9.59. The number of rotatable bonds is 4. The third kappa shape index (κ3) is 3.14. The lowest BCUT2D eigenvalue weighted by atomic mass is 10.1. The number of nitrogens with two attached hydrogens (primary N) is 1. The van der Waals surface area contributed by atoms with Crippen molar-refractivity contribution in [3.05, 3.63) is 23.2 Å². The normalized spacial score (nSPS) is 12.2. The Morgan fingerprint density at radius 3 is 2.81 bits per heavy atom. The zero-order chi connectivity index (χ0) is 12.1. The summed E-state index contributed by atoms with van der Waals surface area (Å²) in [5, 5.41) is 3.24. The molecule has 0 aliphatic rings. The fourth-order valence-corrected chi connectivity index (χ4v) is 1.71. The molecular weight excluding hydrogens is 224 g/mol. The van der Waals surface area contributed by atoms with Gasteiger partial charge >= 0.3 is 0 Å². The number of benzene rings is 1. The summed E-state index contributed by atoms with van der Waals surface area (Å²) in [6.45, 7) is 3.94. The van der Waals surface area contributed by atoms with Gasteiger partial charge in [0.15, 0.2) is 0 Å². The molecule has 0 heterocycles. The highest BCUT2D eigenvalue weighted by Crippen LogP contribution is 2.28. The molecule has 1 unspecified atom stereocenters. The third-order valence-corrected chi connectivity index (χ3v) is 2.78. The van der Waals surface area contributed by atoms with Gasteiger partial charge in [-0.1, -0.05) is 37.9 Å². The van der Waals surface area contributed by atoms with Gasteiger partial charge in [0.1, 0.15) is 0 Å². The largest absolute Gasteiger partial charge is 0.397 e. The first-order chi connectivity index (χ1) is 7.56. The van der Waals surface area contributed by atoms with Gasteiger partial charge in [0.05, 0.1) is 16.4 Å². The molecule has 0 saturated heterocycles. The van der Waals surface area contributed by atoms with Gasteiger partial charge in [-0.25, -0.2) is 0 Å². The fourth-order valence-electron chi connectivity index (χ4n) is 1.48. The van der Waals surface area contributed by atoms with E-state index in [1.54, 1.807) is 18.2 Å². The van der Waals surface area contributed by atoms with E-state index in [2.05, 4.69) is 5.32 Å². The van der Waals surface area contributed by atoms with Crippen LogP contribution in [0.15, 0.2) is 18.2 Å². The molecule has 1 amide bonds. The van der Waals surface area contributed by atoms with Gasteiger partial charge in [-0.05, 0) is 18.6 Å². The number of nitrogens with one attached hydrogen (secondary N) is 1. The summed E-state index contributed by atoms with van der Waals surface area (Å²) in [7, 11) is 0. The summed E-state index contributed by atoms with van der Waals surface area (Å²) in [6.07, 6.45) is 1.84. The van der Waals surface area contributed by atoms with Crippen LogP contribution in [-0.4, -0.2) is 5.91 Å². The van der Waals surface area contributed by atoms with Gasteiger partial charge in [-0.3, -0.25) is 4.79 Å². The van der Waals surface area contributed by atoms with E-state index < -0.39 is 0 Å². The first-order valence-corrected chi connectivity index (χ1v) is 5.79. The van der Waals surface area contributed by atoms with Gasteiger partial charge < -0.3 is 11.1 Å². The molecule has 4 heteroatoms. The topological polar surface area (TPSA) is 55.1 Å². The minimum atomic E-state index is -0.0401.